The first-order valence-corrected chi connectivity index (χ1v) is 5.67. The molecule has 0 saturated carbocycles. The Balaban J connectivity index is 2.42. The molecular weight excluding hydrogens is 224 g/mol. The molecule has 17 heavy (non-hydrogen) atoms. The van der Waals surface area contributed by atoms with Gasteiger partial charge in [0, 0.05) is 0 Å². The van der Waals surface area contributed by atoms with Crippen LogP contribution in [0, 0.1) is 0 Å². The van der Waals surface area contributed by atoms with Crippen molar-refractivity contribution >= 4 is 0 Å². The van der Waals surface area contributed by atoms with E-state index >= 15 is 0 Å². The van der Waals surface area contributed by atoms with Gasteiger partial charge in [0.2, 0.25) is 0 Å². The minimum atomic E-state index is -1.25. The number of aliphatic hydroxyl groups is 3. The fraction of sp³-hybridized carbons (Fsp3) is 0.667. The van der Waals surface area contributed by atoms with Gasteiger partial charge < -0.3 is 24.8 Å². The van der Waals surface area contributed by atoms with Gasteiger partial charge in [-0.25, -0.2) is 0 Å². The van der Waals surface area contributed by atoms with E-state index in [-0.39, 0.29) is 6.61 Å². The maximum absolute atomic E-state index is 9.63. The van der Waals surface area contributed by atoms with Crippen molar-refractivity contribution in [1.82, 2.24) is 0 Å². The lowest BCUT2D eigenvalue weighted by Crippen LogP contribution is -2.57. The molecule has 1 saturated heterocycles. The number of hydrogen-bond acceptors (Lipinski definition) is 5. The van der Waals surface area contributed by atoms with E-state index in [1.165, 1.54) is 0 Å². The van der Waals surface area contributed by atoms with E-state index < -0.39 is 30.7 Å². The fourth-order valence-electron chi connectivity index (χ4n) is 1.55. The third-order valence-corrected chi connectivity index (χ3v) is 2.60. The highest BCUT2D eigenvalue weighted by Crippen LogP contribution is 2.21. The molecule has 5 nitrogen and oxygen atoms in total. The topological polar surface area (TPSA) is 79.2 Å². The van der Waals surface area contributed by atoms with Gasteiger partial charge in [0.05, 0.1) is 12.7 Å². The highest BCUT2D eigenvalue weighted by atomic mass is 16.7. The Bertz CT molecular complexity index is 276. The second kappa shape index (κ2) is 6.88. The van der Waals surface area contributed by atoms with E-state index in [4.69, 9.17) is 9.47 Å². The zero-order chi connectivity index (χ0) is 12.8. The van der Waals surface area contributed by atoms with Crippen molar-refractivity contribution < 1.29 is 24.8 Å². The first-order chi connectivity index (χ1) is 8.07. The van der Waals surface area contributed by atoms with E-state index in [0.29, 0.717) is 0 Å². The van der Waals surface area contributed by atoms with E-state index in [0.717, 1.165) is 0 Å². The van der Waals surface area contributed by atoms with Gasteiger partial charge in [-0.05, 0) is 13.8 Å². The number of hydrogen-bond donors (Lipinski definition) is 3. The normalized spacial score (nSPS) is 39.2. The molecule has 0 aliphatic carbocycles. The second-order valence-corrected chi connectivity index (χ2v) is 3.97. The van der Waals surface area contributed by atoms with Crippen LogP contribution >= 0.6 is 0 Å². The highest BCUT2D eigenvalue weighted by molar-refractivity contribution is 5.01. The van der Waals surface area contributed by atoms with Crippen LogP contribution in [-0.4, -0.2) is 52.6 Å². The summed E-state index contributed by atoms with van der Waals surface area (Å²) >= 11 is 0. The molecule has 0 amide bonds. The van der Waals surface area contributed by atoms with Gasteiger partial charge in [0.1, 0.15) is 18.3 Å². The monoisotopic (exact) mass is 244 g/mol. The molecule has 1 aliphatic heterocycles. The predicted molar refractivity (Wildman–Crippen MR) is 62.3 cm³/mol. The van der Waals surface area contributed by atoms with Crippen molar-refractivity contribution in [1.29, 1.82) is 0 Å². The number of aliphatic hydroxyl groups excluding tert-OH is 3. The lowest BCUT2D eigenvalue weighted by atomic mass is 10.0. The number of ether oxygens (including phenoxy) is 2. The molecule has 0 spiro atoms. The van der Waals surface area contributed by atoms with Crippen LogP contribution in [0.2, 0.25) is 0 Å². The number of rotatable bonds is 4. The Hall–Kier alpha value is -0.720. The lowest BCUT2D eigenvalue weighted by Gasteiger charge is -2.38. The average molecular weight is 244 g/mol. The van der Waals surface area contributed by atoms with Crippen LogP contribution in [0.1, 0.15) is 13.8 Å². The zero-order valence-corrected chi connectivity index (χ0v) is 10.1. The van der Waals surface area contributed by atoms with Gasteiger partial charge in [0.25, 0.3) is 0 Å². The molecule has 1 rings (SSSR count). The first kappa shape index (κ1) is 14.3. The van der Waals surface area contributed by atoms with Crippen LogP contribution in [0.4, 0.5) is 0 Å². The molecule has 0 radical (unpaired) electrons. The highest BCUT2D eigenvalue weighted by Gasteiger charge is 2.42. The lowest BCUT2D eigenvalue weighted by molar-refractivity contribution is -0.290. The van der Waals surface area contributed by atoms with Crippen molar-refractivity contribution in [2.45, 2.75) is 44.6 Å². The summed E-state index contributed by atoms with van der Waals surface area (Å²) in [6.45, 7) is 3.78. The molecule has 5 atom stereocenters. The van der Waals surface area contributed by atoms with E-state index in [9.17, 15) is 15.3 Å². The summed E-state index contributed by atoms with van der Waals surface area (Å²) in [5.74, 6) is 0. The molecule has 0 aromatic carbocycles. The molecule has 1 heterocycles. The standard InChI is InChI=1S/C12H20O5/c1-3-4-5-6-7-16-12-11(15)10(14)9(13)8(2)17-12/h3-6,8-15H,7H2,1-2H3/b4-3+,6-5+/t8?,9-,10-,11?,12+/m0/s1. The molecular formula is C12H20O5. The maximum atomic E-state index is 9.63. The minimum Gasteiger partial charge on any atom is -0.388 e. The molecule has 1 fully saturated rings. The minimum absolute atomic E-state index is 0.265. The Morgan fingerprint density at radius 1 is 1.12 bits per heavy atom. The third-order valence-electron chi connectivity index (χ3n) is 2.60. The van der Waals surface area contributed by atoms with Crippen LogP contribution in [0.3, 0.4) is 0 Å². The molecule has 3 N–H and O–H groups in total. The van der Waals surface area contributed by atoms with Gasteiger partial charge in [0.15, 0.2) is 6.29 Å². The van der Waals surface area contributed by atoms with Crippen LogP contribution in [-0.2, 0) is 9.47 Å². The Kier molecular flexibility index (Phi) is 5.80. The van der Waals surface area contributed by atoms with Crippen molar-refractivity contribution in [3.63, 3.8) is 0 Å². The smallest absolute Gasteiger partial charge is 0.186 e. The van der Waals surface area contributed by atoms with Gasteiger partial charge >= 0.3 is 0 Å². The summed E-state index contributed by atoms with van der Waals surface area (Å²) < 4.78 is 10.5. The van der Waals surface area contributed by atoms with Gasteiger partial charge in [-0.2, -0.15) is 0 Å². The zero-order valence-electron chi connectivity index (χ0n) is 10.1. The van der Waals surface area contributed by atoms with Crippen molar-refractivity contribution in [3.8, 4) is 0 Å². The fourth-order valence-corrected chi connectivity index (χ4v) is 1.55. The number of allylic oxidation sites excluding steroid dienone is 3. The summed E-state index contributed by atoms with van der Waals surface area (Å²) in [6.07, 6.45) is 2.23. The van der Waals surface area contributed by atoms with E-state index in [1.54, 1.807) is 13.0 Å². The molecule has 1 aliphatic rings. The first-order valence-electron chi connectivity index (χ1n) is 5.67. The van der Waals surface area contributed by atoms with E-state index in [2.05, 4.69) is 0 Å². The second-order valence-electron chi connectivity index (χ2n) is 3.97. The van der Waals surface area contributed by atoms with Crippen LogP contribution in [0.5, 0.6) is 0 Å². The van der Waals surface area contributed by atoms with Gasteiger partial charge in [-0.1, -0.05) is 24.3 Å². The molecule has 5 heteroatoms. The predicted octanol–water partition coefficient (Wildman–Crippen LogP) is -0.0372. The molecule has 98 valence electrons. The SMILES string of the molecule is C/C=C/C=C/CO[C@@H]1OC(C)[C@H](O)[C@H](O)C1O. The van der Waals surface area contributed by atoms with Gasteiger partial charge in [-0.3, -0.25) is 0 Å². The Morgan fingerprint density at radius 2 is 1.82 bits per heavy atom. The van der Waals surface area contributed by atoms with Crippen LogP contribution < -0.4 is 0 Å². The third kappa shape index (κ3) is 3.90. The molecule has 2 unspecified atom stereocenters. The summed E-state index contributed by atoms with van der Waals surface area (Å²) in [4.78, 5) is 0. The molecule has 0 aromatic heterocycles. The van der Waals surface area contributed by atoms with Gasteiger partial charge in [-0.15, -0.1) is 0 Å². The molecule has 0 aromatic rings. The van der Waals surface area contributed by atoms with Crippen molar-refractivity contribution in [3.05, 3.63) is 24.3 Å². The largest absolute Gasteiger partial charge is 0.388 e. The van der Waals surface area contributed by atoms with Crippen molar-refractivity contribution in [2.24, 2.45) is 0 Å². The van der Waals surface area contributed by atoms with E-state index in [1.807, 2.05) is 25.2 Å². The summed E-state index contributed by atoms with van der Waals surface area (Å²) in [6, 6.07) is 0. The van der Waals surface area contributed by atoms with Crippen LogP contribution in [0.25, 0.3) is 0 Å². The summed E-state index contributed by atoms with van der Waals surface area (Å²) in [5.41, 5.74) is 0. The molecule has 0 bridgehead atoms. The Morgan fingerprint density at radius 3 is 2.47 bits per heavy atom. The maximum Gasteiger partial charge on any atom is 0.186 e. The summed E-state index contributed by atoms with van der Waals surface area (Å²) in [5, 5.41) is 28.6. The van der Waals surface area contributed by atoms with Crippen LogP contribution in [0.15, 0.2) is 24.3 Å². The Labute approximate surface area is 101 Å². The quantitative estimate of drug-likeness (QED) is 0.605. The van der Waals surface area contributed by atoms with Crippen molar-refractivity contribution in [2.75, 3.05) is 6.61 Å². The summed E-state index contributed by atoms with van der Waals surface area (Å²) in [7, 11) is 0. The average Bonchev–Trinajstić information content (AvgIpc) is 2.32.